The van der Waals surface area contributed by atoms with E-state index in [1.54, 1.807) is 22.3 Å². The van der Waals surface area contributed by atoms with Gasteiger partial charge in [-0.05, 0) is 24.6 Å². The maximum Gasteiger partial charge on any atom is 0.293 e. The first-order valence-electron chi connectivity index (χ1n) is 8.07. The standard InChI is InChI=1S/C16H18N6O2S/c1-19-4-6-20(7-5-19)15(23)10-21-16(24)13-9-12(14-3-2-8-25-14)18-22(13)11-17-21/h2-3,8-9,11H,4-7,10H2,1H3. The summed E-state index contributed by atoms with van der Waals surface area (Å²) in [6, 6.07) is 5.64. The zero-order valence-electron chi connectivity index (χ0n) is 13.8. The SMILES string of the molecule is CN1CCN(C(=O)Cn2ncn3nc(-c4cccs4)cc3c2=O)CC1. The smallest absolute Gasteiger partial charge is 0.293 e. The third-order valence-electron chi connectivity index (χ3n) is 4.40. The first kappa shape index (κ1) is 16.0. The highest BCUT2D eigenvalue weighted by Crippen LogP contribution is 2.23. The lowest BCUT2D eigenvalue weighted by molar-refractivity contribution is -0.133. The summed E-state index contributed by atoms with van der Waals surface area (Å²) in [4.78, 5) is 30.0. The minimum Gasteiger partial charge on any atom is -0.339 e. The highest BCUT2D eigenvalue weighted by atomic mass is 32.1. The molecule has 0 N–H and O–H groups in total. The number of hydrogen-bond donors (Lipinski definition) is 0. The predicted octanol–water partition coefficient (Wildman–Crippen LogP) is 0.394. The highest BCUT2D eigenvalue weighted by Gasteiger charge is 2.20. The molecule has 3 aromatic rings. The summed E-state index contributed by atoms with van der Waals surface area (Å²) in [6.45, 7) is 3.02. The molecule has 4 rings (SSSR count). The molecule has 0 spiro atoms. The van der Waals surface area contributed by atoms with Crippen LogP contribution >= 0.6 is 11.3 Å². The lowest BCUT2D eigenvalue weighted by Gasteiger charge is -2.32. The van der Waals surface area contributed by atoms with Crippen molar-refractivity contribution in [3.05, 3.63) is 40.3 Å². The zero-order valence-corrected chi connectivity index (χ0v) is 14.6. The van der Waals surface area contributed by atoms with Gasteiger partial charge in [0.2, 0.25) is 5.91 Å². The first-order valence-corrected chi connectivity index (χ1v) is 8.95. The fraction of sp³-hybridized carbons (Fsp3) is 0.375. The molecule has 25 heavy (non-hydrogen) atoms. The summed E-state index contributed by atoms with van der Waals surface area (Å²) in [7, 11) is 2.03. The van der Waals surface area contributed by atoms with Gasteiger partial charge in [-0.15, -0.1) is 11.3 Å². The molecule has 4 heterocycles. The minimum atomic E-state index is -0.305. The Morgan fingerprint density at radius 3 is 2.80 bits per heavy atom. The van der Waals surface area contributed by atoms with Crippen molar-refractivity contribution < 1.29 is 4.79 Å². The summed E-state index contributed by atoms with van der Waals surface area (Å²) in [5.41, 5.74) is 0.849. The number of thiophene rings is 1. The highest BCUT2D eigenvalue weighted by molar-refractivity contribution is 7.13. The molecule has 0 aliphatic carbocycles. The number of carbonyl (C=O) groups is 1. The van der Waals surface area contributed by atoms with Gasteiger partial charge in [0.05, 0.1) is 4.88 Å². The fourth-order valence-corrected chi connectivity index (χ4v) is 3.56. The molecule has 9 heteroatoms. The second-order valence-corrected chi connectivity index (χ2v) is 7.06. The van der Waals surface area contributed by atoms with Crippen LogP contribution in [0.15, 0.2) is 34.7 Å². The van der Waals surface area contributed by atoms with Gasteiger partial charge in [0, 0.05) is 26.2 Å². The molecule has 0 aromatic carbocycles. The van der Waals surface area contributed by atoms with E-state index >= 15 is 0 Å². The van der Waals surface area contributed by atoms with Crippen molar-refractivity contribution >= 4 is 22.8 Å². The van der Waals surface area contributed by atoms with Crippen LogP contribution in [-0.4, -0.2) is 68.3 Å². The molecular formula is C16H18N6O2S. The molecule has 1 amide bonds. The van der Waals surface area contributed by atoms with Crippen LogP contribution in [0.3, 0.4) is 0 Å². The van der Waals surface area contributed by atoms with E-state index in [0.29, 0.717) is 18.6 Å². The molecule has 1 aliphatic heterocycles. The number of rotatable bonds is 3. The van der Waals surface area contributed by atoms with Gasteiger partial charge in [-0.3, -0.25) is 9.59 Å². The molecule has 1 fully saturated rings. The van der Waals surface area contributed by atoms with E-state index < -0.39 is 0 Å². The number of hydrogen-bond acceptors (Lipinski definition) is 6. The van der Waals surface area contributed by atoms with Crippen LogP contribution in [0.1, 0.15) is 0 Å². The Morgan fingerprint density at radius 2 is 2.08 bits per heavy atom. The molecule has 0 atom stereocenters. The normalized spacial score (nSPS) is 15.8. The average molecular weight is 358 g/mol. The third kappa shape index (κ3) is 3.08. The molecule has 8 nitrogen and oxygen atoms in total. The van der Waals surface area contributed by atoms with E-state index in [2.05, 4.69) is 15.1 Å². The number of fused-ring (bicyclic) bond motifs is 1. The minimum absolute atomic E-state index is 0.0431. The molecule has 0 saturated carbocycles. The van der Waals surface area contributed by atoms with Crippen molar-refractivity contribution in [2.24, 2.45) is 0 Å². The Balaban J connectivity index is 1.59. The number of carbonyl (C=O) groups excluding carboxylic acids is 1. The number of likely N-dealkylation sites (N-methyl/N-ethyl adjacent to an activating group) is 1. The van der Waals surface area contributed by atoms with Crippen molar-refractivity contribution in [1.29, 1.82) is 0 Å². The van der Waals surface area contributed by atoms with Gasteiger partial charge in [-0.2, -0.15) is 10.2 Å². The van der Waals surface area contributed by atoms with Gasteiger partial charge in [0.1, 0.15) is 24.1 Å². The number of piperazine rings is 1. The first-order chi connectivity index (χ1) is 12.1. The molecule has 0 unspecified atom stereocenters. The summed E-state index contributed by atoms with van der Waals surface area (Å²) in [5, 5.41) is 10.4. The molecule has 0 bridgehead atoms. The van der Waals surface area contributed by atoms with E-state index in [0.717, 1.165) is 23.7 Å². The van der Waals surface area contributed by atoms with Crippen LogP contribution < -0.4 is 5.56 Å². The third-order valence-corrected chi connectivity index (χ3v) is 5.30. The molecule has 3 aromatic heterocycles. The van der Waals surface area contributed by atoms with Crippen LogP contribution in [-0.2, 0) is 11.3 Å². The Morgan fingerprint density at radius 1 is 1.28 bits per heavy atom. The zero-order chi connectivity index (χ0) is 17.4. The van der Waals surface area contributed by atoms with E-state index in [1.807, 2.05) is 24.6 Å². The Kier molecular flexibility index (Phi) is 4.10. The summed E-state index contributed by atoms with van der Waals surface area (Å²) >= 11 is 1.56. The molecular weight excluding hydrogens is 340 g/mol. The van der Waals surface area contributed by atoms with Gasteiger partial charge in [-0.1, -0.05) is 6.07 Å². The summed E-state index contributed by atoms with van der Waals surface area (Å²) < 4.78 is 2.68. The Labute approximate surface area is 147 Å². The van der Waals surface area contributed by atoms with E-state index in [4.69, 9.17) is 0 Å². The van der Waals surface area contributed by atoms with Crippen molar-refractivity contribution in [3.8, 4) is 10.6 Å². The van der Waals surface area contributed by atoms with Gasteiger partial charge < -0.3 is 9.80 Å². The Hall–Kier alpha value is -2.52. The quantitative estimate of drug-likeness (QED) is 0.677. The van der Waals surface area contributed by atoms with E-state index in [1.165, 1.54) is 15.5 Å². The maximum absolute atomic E-state index is 12.6. The Bertz CT molecular complexity index is 953. The van der Waals surface area contributed by atoms with Crippen molar-refractivity contribution in [3.63, 3.8) is 0 Å². The molecule has 1 saturated heterocycles. The van der Waals surface area contributed by atoms with Gasteiger partial charge in [0.15, 0.2) is 0 Å². The molecule has 1 aliphatic rings. The average Bonchev–Trinajstić information content (AvgIpc) is 3.27. The topological polar surface area (TPSA) is 75.7 Å². The second-order valence-electron chi connectivity index (χ2n) is 6.11. The predicted molar refractivity (Wildman–Crippen MR) is 94.6 cm³/mol. The van der Waals surface area contributed by atoms with Crippen LogP contribution in [0.2, 0.25) is 0 Å². The maximum atomic E-state index is 12.6. The monoisotopic (exact) mass is 358 g/mol. The van der Waals surface area contributed by atoms with Gasteiger partial charge >= 0.3 is 0 Å². The molecule has 0 radical (unpaired) electrons. The number of aromatic nitrogens is 4. The van der Waals surface area contributed by atoms with Crippen LogP contribution in [0.4, 0.5) is 0 Å². The number of nitrogens with zero attached hydrogens (tertiary/aromatic N) is 6. The summed E-state index contributed by atoms with van der Waals surface area (Å²) in [5.74, 6) is -0.0787. The van der Waals surface area contributed by atoms with Crippen molar-refractivity contribution in [2.45, 2.75) is 6.54 Å². The van der Waals surface area contributed by atoms with Crippen LogP contribution in [0.25, 0.3) is 16.1 Å². The summed E-state index contributed by atoms with van der Waals surface area (Å²) in [6.07, 6.45) is 1.48. The molecule has 130 valence electrons. The van der Waals surface area contributed by atoms with Crippen molar-refractivity contribution in [1.82, 2.24) is 29.2 Å². The fourth-order valence-electron chi connectivity index (χ4n) is 2.88. The van der Waals surface area contributed by atoms with Gasteiger partial charge in [-0.25, -0.2) is 9.20 Å². The van der Waals surface area contributed by atoms with Crippen LogP contribution in [0, 0.1) is 0 Å². The lowest BCUT2D eigenvalue weighted by atomic mass is 10.3. The van der Waals surface area contributed by atoms with Crippen molar-refractivity contribution in [2.75, 3.05) is 33.2 Å². The largest absolute Gasteiger partial charge is 0.339 e. The second kappa shape index (κ2) is 6.41. The van der Waals surface area contributed by atoms with Gasteiger partial charge in [0.25, 0.3) is 5.56 Å². The van der Waals surface area contributed by atoms with E-state index in [9.17, 15) is 9.59 Å². The lowest BCUT2D eigenvalue weighted by Crippen LogP contribution is -2.48. The van der Waals surface area contributed by atoms with Crippen LogP contribution in [0.5, 0.6) is 0 Å². The van der Waals surface area contributed by atoms with E-state index in [-0.39, 0.29) is 18.0 Å². The number of amides is 1.